The standard InChI is InChI=1S/C19H20O2/c1-19(2,3)21-18(20)11-13-8-9-17-15(10-13)12-14-6-4-5-7-16(14)17/h4-10H,11-12H2,1-3H3. The number of ether oxygens (including phenoxy) is 1. The van der Waals surface area contributed by atoms with E-state index in [0.29, 0.717) is 6.42 Å². The minimum atomic E-state index is -0.427. The number of hydrogen-bond donors (Lipinski definition) is 0. The van der Waals surface area contributed by atoms with Gasteiger partial charge in [-0.3, -0.25) is 4.79 Å². The first-order chi connectivity index (χ1) is 9.92. The Morgan fingerprint density at radius 1 is 1.05 bits per heavy atom. The molecule has 2 heteroatoms. The van der Waals surface area contributed by atoms with E-state index < -0.39 is 5.60 Å². The average Bonchev–Trinajstić information content (AvgIpc) is 2.73. The quantitative estimate of drug-likeness (QED) is 0.659. The van der Waals surface area contributed by atoms with Gasteiger partial charge in [0.25, 0.3) is 0 Å². The number of esters is 1. The van der Waals surface area contributed by atoms with Gasteiger partial charge in [-0.2, -0.15) is 0 Å². The third-order valence-corrected chi connectivity index (χ3v) is 3.63. The highest BCUT2D eigenvalue weighted by Gasteiger charge is 2.20. The smallest absolute Gasteiger partial charge is 0.310 e. The summed E-state index contributed by atoms with van der Waals surface area (Å²) in [6.45, 7) is 5.68. The molecule has 3 rings (SSSR count). The summed E-state index contributed by atoms with van der Waals surface area (Å²) in [6.07, 6.45) is 1.29. The summed E-state index contributed by atoms with van der Waals surface area (Å²) in [6, 6.07) is 14.8. The van der Waals surface area contributed by atoms with Gasteiger partial charge in [0.05, 0.1) is 6.42 Å². The van der Waals surface area contributed by atoms with Crippen LogP contribution in [-0.2, 0) is 22.4 Å². The van der Waals surface area contributed by atoms with Crippen LogP contribution >= 0.6 is 0 Å². The highest BCUT2D eigenvalue weighted by molar-refractivity contribution is 5.78. The normalized spacial score (nSPS) is 12.7. The van der Waals surface area contributed by atoms with Crippen LogP contribution in [0.4, 0.5) is 0 Å². The van der Waals surface area contributed by atoms with Crippen molar-refractivity contribution in [1.82, 2.24) is 0 Å². The maximum absolute atomic E-state index is 11.9. The van der Waals surface area contributed by atoms with E-state index in [1.165, 1.54) is 22.3 Å². The van der Waals surface area contributed by atoms with Gasteiger partial charge < -0.3 is 4.74 Å². The van der Waals surface area contributed by atoms with Gasteiger partial charge in [0, 0.05) is 0 Å². The van der Waals surface area contributed by atoms with Crippen LogP contribution in [0, 0.1) is 0 Å². The summed E-state index contributed by atoms with van der Waals surface area (Å²) >= 11 is 0. The average molecular weight is 280 g/mol. The summed E-state index contributed by atoms with van der Waals surface area (Å²) in [5, 5.41) is 0. The van der Waals surface area contributed by atoms with Crippen LogP contribution < -0.4 is 0 Å². The lowest BCUT2D eigenvalue weighted by molar-refractivity contribution is -0.153. The Morgan fingerprint density at radius 3 is 2.52 bits per heavy atom. The van der Waals surface area contributed by atoms with E-state index in [-0.39, 0.29) is 5.97 Å². The first kappa shape index (κ1) is 13.9. The van der Waals surface area contributed by atoms with E-state index in [9.17, 15) is 4.79 Å². The lowest BCUT2D eigenvalue weighted by atomic mass is 10.0. The molecule has 0 saturated carbocycles. The number of benzene rings is 2. The predicted octanol–water partition coefficient (Wildman–Crippen LogP) is 4.14. The van der Waals surface area contributed by atoms with E-state index in [1.807, 2.05) is 26.8 Å². The molecule has 0 N–H and O–H groups in total. The molecular weight excluding hydrogens is 260 g/mol. The number of rotatable bonds is 2. The Kier molecular flexibility index (Phi) is 3.32. The second kappa shape index (κ2) is 5.03. The highest BCUT2D eigenvalue weighted by atomic mass is 16.6. The SMILES string of the molecule is CC(C)(C)OC(=O)Cc1ccc2c(c1)Cc1ccccc1-2. The van der Waals surface area contributed by atoms with Crippen LogP contribution in [0.2, 0.25) is 0 Å². The Hall–Kier alpha value is -2.09. The van der Waals surface area contributed by atoms with E-state index in [4.69, 9.17) is 4.74 Å². The molecule has 0 aromatic heterocycles. The summed E-state index contributed by atoms with van der Waals surface area (Å²) in [5.74, 6) is -0.169. The Morgan fingerprint density at radius 2 is 1.76 bits per heavy atom. The zero-order chi connectivity index (χ0) is 15.0. The molecule has 0 bridgehead atoms. The Labute approximate surface area is 125 Å². The number of carbonyl (C=O) groups excluding carboxylic acids is 1. The first-order valence-corrected chi connectivity index (χ1v) is 7.34. The molecule has 0 radical (unpaired) electrons. The van der Waals surface area contributed by atoms with Gasteiger partial charge in [-0.05, 0) is 55.0 Å². The second-order valence-electron chi connectivity index (χ2n) is 6.59. The molecule has 2 nitrogen and oxygen atoms in total. The van der Waals surface area contributed by atoms with Crippen LogP contribution in [0.3, 0.4) is 0 Å². The van der Waals surface area contributed by atoms with Gasteiger partial charge in [-0.15, -0.1) is 0 Å². The summed E-state index contributed by atoms with van der Waals surface area (Å²) in [7, 11) is 0. The molecule has 0 amide bonds. The van der Waals surface area contributed by atoms with Crippen LogP contribution in [0.1, 0.15) is 37.5 Å². The molecule has 1 aliphatic carbocycles. The molecule has 0 saturated heterocycles. The number of fused-ring (bicyclic) bond motifs is 3. The maximum atomic E-state index is 11.9. The summed E-state index contributed by atoms with van der Waals surface area (Å²) < 4.78 is 5.38. The molecule has 0 spiro atoms. The lowest BCUT2D eigenvalue weighted by Crippen LogP contribution is -2.24. The van der Waals surface area contributed by atoms with E-state index in [2.05, 4.69) is 36.4 Å². The van der Waals surface area contributed by atoms with E-state index >= 15 is 0 Å². The molecule has 21 heavy (non-hydrogen) atoms. The molecule has 2 aromatic rings. The Balaban J connectivity index is 1.80. The fourth-order valence-electron chi connectivity index (χ4n) is 2.85. The molecule has 0 aliphatic heterocycles. The fraction of sp³-hybridized carbons (Fsp3) is 0.316. The first-order valence-electron chi connectivity index (χ1n) is 7.34. The predicted molar refractivity (Wildman–Crippen MR) is 84.2 cm³/mol. The van der Waals surface area contributed by atoms with Crippen LogP contribution in [0.25, 0.3) is 11.1 Å². The largest absolute Gasteiger partial charge is 0.460 e. The van der Waals surface area contributed by atoms with Gasteiger partial charge in [-0.25, -0.2) is 0 Å². The molecule has 1 aliphatic rings. The summed E-state index contributed by atoms with van der Waals surface area (Å²) in [4.78, 5) is 11.9. The molecule has 0 heterocycles. The second-order valence-corrected chi connectivity index (χ2v) is 6.59. The lowest BCUT2D eigenvalue weighted by Gasteiger charge is -2.19. The van der Waals surface area contributed by atoms with Crippen molar-refractivity contribution in [3.63, 3.8) is 0 Å². The zero-order valence-corrected chi connectivity index (χ0v) is 12.8. The van der Waals surface area contributed by atoms with Crippen molar-refractivity contribution in [2.75, 3.05) is 0 Å². The number of hydrogen-bond acceptors (Lipinski definition) is 2. The van der Waals surface area contributed by atoms with E-state index in [1.54, 1.807) is 0 Å². The van der Waals surface area contributed by atoms with Crippen molar-refractivity contribution >= 4 is 5.97 Å². The molecule has 2 aromatic carbocycles. The number of carbonyl (C=O) groups is 1. The van der Waals surface area contributed by atoms with Gasteiger partial charge in [0.2, 0.25) is 0 Å². The molecule has 108 valence electrons. The highest BCUT2D eigenvalue weighted by Crippen LogP contribution is 2.36. The van der Waals surface area contributed by atoms with Crippen molar-refractivity contribution in [1.29, 1.82) is 0 Å². The van der Waals surface area contributed by atoms with Crippen molar-refractivity contribution < 1.29 is 9.53 Å². The minimum Gasteiger partial charge on any atom is -0.460 e. The third kappa shape index (κ3) is 2.99. The van der Waals surface area contributed by atoms with E-state index in [0.717, 1.165) is 12.0 Å². The zero-order valence-electron chi connectivity index (χ0n) is 12.8. The van der Waals surface area contributed by atoms with Gasteiger partial charge in [-0.1, -0.05) is 42.5 Å². The molecular formula is C19H20O2. The van der Waals surface area contributed by atoms with Crippen molar-refractivity contribution in [2.24, 2.45) is 0 Å². The molecule has 0 fully saturated rings. The van der Waals surface area contributed by atoms with Crippen molar-refractivity contribution in [2.45, 2.75) is 39.2 Å². The van der Waals surface area contributed by atoms with Gasteiger partial charge in [0.1, 0.15) is 5.60 Å². The van der Waals surface area contributed by atoms with Gasteiger partial charge in [0.15, 0.2) is 0 Å². The van der Waals surface area contributed by atoms with Crippen LogP contribution in [0.15, 0.2) is 42.5 Å². The maximum Gasteiger partial charge on any atom is 0.310 e. The minimum absolute atomic E-state index is 0.169. The van der Waals surface area contributed by atoms with Crippen molar-refractivity contribution in [3.05, 3.63) is 59.2 Å². The summed E-state index contributed by atoms with van der Waals surface area (Å²) in [5.41, 5.74) is 5.87. The third-order valence-electron chi connectivity index (χ3n) is 3.63. The Bertz CT molecular complexity index is 693. The van der Waals surface area contributed by atoms with Crippen LogP contribution in [0.5, 0.6) is 0 Å². The van der Waals surface area contributed by atoms with Crippen LogP contribution in [-0.4, -0.2) is 11.6 Å². The van der Waals surface area contributed by atoms with Crippen molar-refractivity contribution in [3.8, 4) is 11.1 Å². The monoisotopic (exact) mass is 280 g/mol. The van der Waals surface area contributed by atoms with Gasteiger partial charge >= 0.3 is 5.97 Å². The fourth-order valence-corrected chi connectivity index (χ4v) is 2.85. The molecule has 0 atom stereocenters. The topological polar surface area (TPSA) is 26.3 Å². The molecule has 0 unspecified atom stereocenters.